The molecule has 1 aliphatic heterocycles. The SMILES string of the molecule is CCC(C(=O)N1CCCCCCC1)C(N)=NO. The number of nitrogens with zero attached hydrogens (tertiary/aromatic N) is 2. The normalized spacial score (nSPS) is 20.5. The van der Waals surface area contributed by atoms with Gasteiger partial charge < -0.3 is 15.8 Å². The van der Waals surface area contributed by atoms with Crippen LogP contribution in [0.4, 0.5) is 0 Å². The van der Waals surface area contributed by atoms with Crippen LogP contribution in [0.5, 0.6) is 0 Å². The summed E-state index contributed by atoms with van der Waals surface area (Å²) in [4.78, 5) is 14.1. The summed E-state index contributed by atoms with van der Waals surface area (Å²) in [6, 6.07) is 0. The third kappa shape index (κ3) is 3.91. The lowest BCUT2D eigenvalue weighted by Crippen LogP contribution is -2.43. The smallest absolute Gasteiger partial charge is 0.233 e. The zero-order chi connectivity index (χ0) is 12.7. The molecule has 0 aliphatic carbocycles. The molecule has 0 aromatic rings. The summed E-state index contributed by atoms with van der Waals surface area (Å²) in [5, 5.41) is 11.6. The Hall–Kier alpha value is -1.26. The maximum Gasteiger partial charge on any atom is 0.233 e. The van der Waals surface area contributed by atoms with Crippen molar-refractivity contribution < 1.29 is 10.0 Å². The van der Waals surface area contributed by atoms with Gasteiger partial charge >= 0.3 is 0 Å². The first kappa shape index (κ1) is 13.8. The molecule has 1 fully saturated rings. The van der Waals surface area contributed by atoms with E-state index in [1.54, 1.807) is 0 Å². The van der Waals surface area contributed by atoms with E-state index in [0.717, 1.165) is 25.9 Å². The fraction of sp³-hybridized carbons (Fsp3) is 0.833. The molecule has 0 spiro atoms. The van der Waals surface area contributed by atoms with Crippen LogP contribution in [-0.2, 0) is 4.79 Å². The minimum Gasteiger partial charge on any atom is -0.409 e. The van der Waals surface area contributed by atoms with Crippen molar-refractivity contribution in [2.75, 3.05) is 13.1 Å². The van der Waals surface area contributed by atoms with Crippen LogP contribution < -0.4 is 5.73 Å². The van der Waals surface area contributed by atoms with Gasteiger partial charge in [0.25, 0.3) is 0 Å². The molecule has 0 radical (unpaired) electrons. The molecule has 0 bridgehead atoms. The quantitative estimate of drug-likeness (QED) is 0.340. The number of carbonyl (C=O) groups is 1. The number of hydrogen-bond donors (Lipinski definition) is 2. The Kier molecular flexibility index (Phi) is 5.80. The predicted molar refractivity (Wildman–Crippen MR) is 66.9 cm³/mol. The van der Waals surface area contributed by atoms with Crippen LogP contribution in [0.3, 0.4) is 0 Å². The Morgan fingerprint density at radius 1 is 1.29 bits per heavy atom. The molecule has 0 aromatic heterocycles. The van der Waals surface area contributed by atoms with Gasteiger partial charge in [0.2, 0.25) is 5.91 Å². The molecule has 3 N–H and O–H groups in total. The summed E-state index contributed by atoms with van der Waals surface area (Å²) < 4.78 is 0. The van der Waals surface area contributed by atoms with Crippen molar-refractivity contribution in [3.05, 3.63) is 0 Å². The van der Waals surface area contributed by atoms with E-state index in [2.05, 4.69) is 5.16 Å². The summed E-state index contributed by atoms with van der Waals surface area (Å²) in [5.41, 5.74) is 5.56. The van der Waals surface area contributed by atoms with Gasteiger partial charge in [-0.1, -0.05) is 31.3 Å². The first-order valence-corrected chi connectivity index (χ1v) is 6.47. The van der Waals surface area contributed by atoms with Gasteiger partial charge in [0.1, 0.15) is 0 Å². The van der Waals surface area contributed by atoms with Crippen LogP contribution in [0, 0.1) is 5.92 Å². The zero-order valence-corrected chi connectivity index (χ0v) is 10.6. The summed E-state index contributed by atoms with van der Waals surface area (Å²) in [5.74, 6) is -0.441. The van der Waals surface area contributed by atoms with E-state index in [9.17, 15) is 4.79 Å². The summed E-state index contributed by atoms with van der Waals surface area (Å²) in [6.45, 7) is 3.48. The molecule has 1 aliphatic rings. The Bertz CT molecular complexity index is 271. The van der Waals surface area contributed by atoms with Gasteiger partial charge in [0, 0.05) is 13.1 Å². The van der Waals surface area contributed by atoms with E-state index in [1.165, 1.54) is 19.3 Å². The van der Waals surface area contributed by atoms with Gasteiger partial charge in [-0.3, -0.25) is 4.79 Å². The van der Waals surface area contributed by atoms with Crippen LogP contribution >= 0.6 is 0 Å². The lowest BCUT2D eigenvalue weighted by Gasteiger charge is -2.28. The highest BCUT2D eigenvalue weighted by Crippen LogP contribution is 2.15. The van der Waals surface area contributed by atoms with E-state index in [0.29, 0.717) is 6.42 Å². The van der Waals surface area contributed by atoms with Crippen molar-refractivity contribution in [3.63, 3.8) is 0 Å². The Balaban J connectivity index is 2.64. The number of likely N-dealkylation sites (tertiary alicyclic amines) is 1. The maximum absolute atomic E-state index is 12.2. The Morgan fingerprint density at radius 2 is 1.82 bits per heavy atom. The van der Waals surface area contributed by atoms with Crippen molar-refractivity contribution in [1.29, 1.82) is 0 Å². The van der Waals surface area contributed by atoms with Crippen LogP contribution in [0.15, 0.2) is 5.16 Å². The molecule has 98 valence electrons. The van der Waals surface area contributed by atoms with Gasteiger partial charge in [0.15, 0.2) is 5.84 Å². The Labute approximate surface area is 103 Å². The molecular weight excluding hydrogens is 218 g/mol. The van der Waals surface area contributed by atoms with Crippen molar-refractivity contribution >= 4 is 11.7 Å². The van der Waals surface area contributed by atoms with Crippen LogP contribution in [0.1, 0.15) is 45.4 Å². The monoisotopic (exact) mass is 241 g/mol. The van der Waals surface area contributed by atoms with Crippen LogP contribution in [0.25, 0.3) is 0 Å². The number of rotatable bonds is 3. The fourth-order valence-corrected chi connectivity index (χ4v) is 2.27. The number of nitrogens with two attached hydrogens (primary N) is 1. The van der Waals surface area contributed by atoms with Crippen LogP contribution in [0.2, 0.25) is 0 Å². The van der Waals surface area contributed by atoms with E-state index >= 15 is 0 Å². The second-order valence-corrected chi connectivity index (χ2v) is 4.58. The van der Waals surface area contributed by atoms with Crippen molar-refractivity contribution in [3.8, 4) is 0 Å². The topological polar surface area (TPSA) is 78.9 Å². The second-order valence-electron chi connectivity index (χ2n) is 4.58. The van der Waals surface area contributed by atoms with Crippen molar-refractivity contribution in [2.24, 2.45) is 16.8 Å². The molecule has 17 heavy (non-hydrogen) atoms. The molecule has 1 saturated heterocycles. The first-order valence-electron chi connectivity index (χ1n) is 6.47. The van der Waals surface area contributed by atoms with Gasteiger partial charge in [-0.25, -0.2) is 0 Å². The van der Waals surface area contributed by atoms with E-state index < -0.39 is 5.92 Å². The molecule has 5 nitrogen and oxygen atoms in total. The molecule has 1 amide bonds. The van der Waals surface area contributed by atoms with E-state index in [1.807, 2.05) is 11.8 Å². The summed E-state index contributed by atoms with van der Waals surface area (Å²) in [6.07, 6.45) is 6.32. The molecule has 5 heteroatoms. The highest BCUT2D eigenvalue weighted by atomic mass is 16.4. The third-order valence-electron chi connectivity index (χ3n) is 3.35. The highest BCUT2D eigenvalue weighted by Gasteiger charge is 2.26. The highest BCUT2D eigenvalue weighted by molar-refractivity contribution is 6.02. The van der Waals surface area contributed by atoms with Crippen LogP contribution in [-0.4, -0.2) is 34.9 Å². The lowest BCUT2D eigenvalue weighted by atomic mass is 10.0. The second kappa shape index (κ2) is 7.14. The number of oxime groups is 1. The molecule has 0 saturated carbocycles. The standard InChI is InChI=1S/C12H23N3O2/c1-2-10(11(13)14-17)12(16)15-8-6-4-3-5-7-9-15/h10,17H,2-9H2,1H3,(H2,13,14). The zero-order valence-electron chi connectivity index (χ0n) is 10.6. The van der Waals surface area contributed by atoms with Gasteiger partial charge in [-0.15, -0.1) is 0 Å². The van der Waals surface area contributed by atoms with Crippen molar-refractivity contribution in [1.82, 2.24) is 4.90 Å². The molecule has 0 aromatic carbocycles. The molecule has 1 unspecified atom stereocenters. The Morgan fingerprint density at radius 3 is 2.29 bits per heavy atom. The van der Waals surface area contributed by atoms with E-state index in [4.69, 9.17) is 10.9 Å². The van der Waals surface area contributed by atoms with Crippen molar-refractivity contribution in [2.45, 2.75) is 45.4 Å². The average molecular weight is 241 g/mol. The van der Waals surface area contributed by atoms with Gasteiger partial charge in [-0.05, 0) is 19.3 Å². The number of amidine groups is 1. The fourth-order valence-electron chi connectivity index (χ4n) is 2.27. The number of hydrogen-bond acceptors (Lipinski definition) is 3. The molecule has 1 heterocycles. The predicted octanol–water partition coefficient (Wildman–Crippen LogP) is 1.55. The molecule has 1 atom stereocenters. The van der Waals surface area contributed by atoms with Gasteiger partial charge in [0.05, 0.1) is 5.92 Å². The number of amides is 1. The molecular formula is C12H23N3O2. The largest absolute Gasteiger partial charge is 0.409 e. The minimum atomic E-state index is -0.473. The molecule has 1 rings (SSSR count). The average Bonchev–Trinajstić information content (AvgIpc) is 2.29. The number of carbonyl (C=O) groups excluding carboxylic acids is 1. The maximum atomic E-state index is 12.2. The van der Waals surface area contributed by atoms with Gasteiger partial charge in [-0.2, -0.15) is 0 Å². The summed E-state index contributed by atoms with van der Waals surface area (Å²) >= 11 is 0. The van der Waals surface area contributed by atoms with E-state index in [-0.39, 0.29) is 11.7 Å². The first-order chi connectivity index (χ1) is 8.20. The minimum absolute atomic E-state index is 0.00435. The lowest BCUT2D eigenvalue weighted by molar-refractivity contribution is -0.133. The third-order valence-corrected chi connectivity index (χ3v) is 3.35. The summed E-state index contributed by atoms with van der Waals surface area (Å²) in [7, 11) is 0.